The van der Waals surface area contributed by atoms with Gasteiger partial charge in [0.25, 0.3) is 0 Å². The summed E-state index contributed by atoms with van der Waals surface area (Å²) in [7, 11) is 2.78. The number of rotatable bonds is 4. The molecule has 10 heteroatoms. The Hall–Kier alpha value is -0.410. The third-order valence-electron chi connectivity index (χ3n) is 3.63. The SMILES string of the molecule is COc1cc([C@H](N2CCNCC2)C(F)(F)F)c(OC)cc1Br.Cl.Cl. The summed E-state index contributed by atoms with van der Waals surface area (Å²) in [5.41, 5.74) is 0.0666. The third-order valence-corrected chi connectivity index (χ3v) is 4.25. The lowest BCUT2D eigenvalue weighted by Gasteiger charge is -2.36. The minimum Gasteiger partial charge on any atom is -0.496 e. The number of benzene rings is 1. The number of ether oxygens (including phenoxy) is 2. The number of hydrogen-bond donors (Lipinski definition) is 1. The number of alkyl halides is 3. The highest BCUT2D eigenvalue weighted by molar-refractivity contribution is 9.10. The van der Waals surface area contributed by atoms with Crippen molar-refractivity contribution in [3.8, 4) is 11.5 Å². The minimum absolute atomic E-state index is 0. The van der Waals surface area contributed by atoms with Crippen molar-refractivity contribution < 1.29 is 22.6 Å². The molecule has 0 saturated carbocycles. The molecule has 1 aromatic rings. The van der Waals surface area contributed by atoms with Gasteiger partial charge < -0.3 is 14.8 Å². The molecule has 1 heterocycles. The summed E-state index contributed by atoms with van der Waals surface area (Å²) in [5, 5.41) is 3.06. The van der Waals surface area contributed by atoms with Crippen molar-refractivity contribution in [1.82, 2.24) is 10.2 Å². The van der Waals surface area contributed by atoms with Crippen LogP contribution in [0.3, 0.4) is 0 Å². The zero-order valence-corrected chi connectivity index (χ0v) is 16.4. The average molecular weight is 456 g/mol. The maximum atomic E-state index is 13.7. The van der Waals surface area contributed by atoms with Crippen molar-refractivity contribution in [1.29, 1.82) is 0 Å². The Morgan fingerprint density at radius 2 is 1.62 bits per heavy atom. The van der Waals surface area contributed by atoms with Crippen LogP contribution in [0.5, 0.6) is 11.5 Å². The largest absolute Gasteiger partial charge is 0.496 e. The van der Waals surface area contributed by atoms with Crippen LogP contribution < -0.4 is 14.8 Å². The van der Waals surface area contributed by atoms with Gasteiger partial charge in [0.1, 0.15) is 17.5 Å². The highest BCUT2D eigenvalue weighted by atomic mass is 79.9. The van der Waals surface area contributed by atoms with Gasteiger partial charge >= 0.3 is 6.18 Å². The molecule has 1 aliphatic rings. The first-order valence-corrected chi connectivity index (χ1v) is 7.60. The molecule has 0 aliphatic carbocycles. The van der Waals surface area contributed by atoms with Crippen LogP contribution in [-0.2, 0) is 0 Å². The van der Waals surface area contributed by atoms with E-state index in [9.17, 15) is 13.2 Å². The fraction of sp³-hybridized carbons (Fsp3) is 0.571. The second kappa shape index (κ2) is 9.91. The van der Waals surface area contributed by atoms with E-state index in [0.717, 1.165) is 0 Å². The monoisotopic (exact) mass is 454 g/mol. The van der Waals surface area contributed by atoms with Crippen molar-refractivity contribution in [2.45, 2.75) is 12.2 Å². The van der Waals surface area contributed by atoms with Gasteiger partial charge in [-0.05, 0) is 28.1 Å². The molecule has 1 N–H and O–H groups in total. The van der Waals surface area contributed by atoms with Gasteiger partial charge in [-0.2, -0.15) is 13.2 Å². The summed E-state index contributed by atoms with van der Waals surface area (Å²) < 4.78 is 51.9. The van der Waals surface area contributed by atoms with Crippen molar-refractivity contribution in [3.63, 3.8) is 0 Å². The number of nitrogens with one attached hydrogen (secondary N) is 1. The minimum atomic E-state index is -4.40. The van der Waals surface area contributed by atoms with Crippen LogP contribution in [0.25, 0.3) is 0 Å². The Balaban J connectivity index is 0.00000264. The molecule has 2 rings (SSSR count). The highest BCUT2D eigenvalue weighted by Gasteiger charge is 2.46. The number of hydrogen-bond acceptors (Lipinski definition) is 4. The Morgan fingerprint density at radius 1 is 1.08 bits per heavy atom. The van der Waals surface area contributed by atoms with Crippen LogP contribution in [0.2, 0.25) is 0 Å². The van der Waals surface area contributed by atoms with Crippen molar-refractivity contribution in [3.05, 3.63) is 22.2 Å². The predicted octanol–water partition coefficient (Wildman–Crippen LogP) is 3.82. The number of methoxy groups -OCH3 is 2. The molecule has 0 bridgehead atoms. The summed E-state index contributed by atoms with van der Waals surface area (Å²) in [4.78, 5) is 1.42. The van der Waals surface area contributed by atoms with Crippen LogP contribution >= 0.6 is 40.7 Å². The molecule has 0 unspecified atom stereocenters. The van der Waals surface area contributed by atoms with Crippen LogP contribution in [-0.4, -0.2) is 51.5 Å². The smallest absolute Gasteiger partial charge is 0.408 e. The molecule has 0 amide bonds. The lowest BCUT2D eigenvalue weighted by molar-refractivity contribution is -0.188. The summed E-state index contributed by atoms with van der Waals surface area (Å²) in [6, 6.07) is 1.18. The van der Waals surface area contributed by atoms with Gasteiger partial charge in [0, 0.05) is 31.7 Å². The van der Waals surface area contributed by atoms with E-state index in [1.165, 1.54) is 31.3 Å². The maximum absolute atomic E-state index is 13.7. The van der Waals surface area contributed by atoms with Crippen LogP contribution in [0.15, 0.2) is 16.6 Å². The molecular formula is C14H20BrCl2F3N2O2. The van der Waals surface area contributed by atoms with E-state index >= 15 is 0 Å². The fourth-order valence-electron chi connectivity index (χ4n) is 2.62. The van der Waals surface area contributed by atoms with Crippen molar-refractivity contribution >= 4 is 40.7 Å². The first-order chi connectivity index (χ1) is 10.4. The Labute approximate surface area is 160 Å². The fourth-order valence-corrected chi connectivity index (χ4v) is 3.10. The molecule has 0 spiro atoms. The first kappa shape index (κ1) is 23.6. The normalized spacial score (nSPS) is 16.6. The second-order valence-electron chi connectivity index (χ2n) is 4.96. The van der Waals surface area contributed by atoms with Gasteiger partial charge in [0.2, 0.25) is 0 Å². The maximum Gasteiger partial charge on any atom is 0.408 e. The van der Waals surface area contributed by atoms with E-state index in [-0.39, 0.29) is 36.1 Å². The molecule has 24 heavy (non-hydrogen) atoms. The van der Waals surface area contributed by atoms with E-state index in [1.807, 2.05) is 0 Å². The molecule has 1 saturated heterocycles. The van der Waals surface area contributed by atoms with Gasteiger partial charge in [-0.1, -0.05) is 0 Å². The lowest BCUT2D eigenvalue weighted by Crippen LogP contribution is -2.49. The van der Waals surface area contributed by atoms with Crippen LogP contribution in [0.4, 0.5) is 13.2 Å². The summed E-state index contributed by atoms with van der Waals surface area (Å²) in [6.07, 6.45) is -4.40. The number of halogens is 6. The zero-order valence-electron chi connectivity index (χ0n) is 13.2. The van der Waals surface area contributed by atoms with Gasteiger partial charge in [-0.3, -0.25) is 4.90 Å². The summed E-state index contributed by atoms with van der Waals surface area (Å²) >= 11 is 3.27. The molecule has 4 nitrogen and oxygen atoms in total. The zero-order chi connectivity index (χ0) is 16.3. The molecule has 1 aliphatic heterocycles. The standard InChI is InChI=1S/C14H18BrF3N2O2.2ClH/c1-21-11-8-10(15)12(22-2)7-9(11)13(14(16,17)18)20-5-3-19-4-6-20;;/h7-8,13,19H,3-6H2,1-2H3;2*1H/t13-;;/m0../s1. The lowest BCUT2D eigenvalue weighted by atomic mass is 10.0. The van der Waals surface area contributed by atoms with Crippen molar-refractivity contribution in [2.24, 2.45) is 0 Å². The van der Waals surface area contributed by atoms with Crippen molar-refractivity contribution in [2.75, 3.05) is 40.4 Å². The number of nitrogens with zero attached hydrogens (tertiary/aromatic N) is 1. The summed E-state index contributed by atoms with van der Waals surface area (Å²) in [5.74, 6) is 0.536. The Bertz CT molecular complexity index is 529. The summed E-state index contributed by atoms with van der Waals surface area (Å²) in [6.45, 7) is 1.71. The molecule has 0 radical (unpaired) electrons. The number of piperazine rings is 1. The van der Waals surface area contributed by atoms with Gasteiger partial charge in [-0.25, -0.2) is 0 Å². The molecule has 0 aromatic heterocycles. The predicted molar refractivity (Wildman–Crippen MR) is 95.0 cm³/mol. The molecule has 1 fully saturated rings. The van der Waals surface area contributed by atoms with Crippen LogP contribution in [0.1, 0.15) is 11.6 Å². The first-order valence-electron chi connectivity index (χ1n) is 6.81. The molecular weight excluding hydrogens is 436 g/mol. The second-order valence-corrected chi connectivity index (χ2v) is 5.81. The van der Waals surface area contributed by atoms with E-state index in [0.29, 0.717) is 36.4 Å². The van der Waals surface area contributed by atoms with E-state index in [4.69, 9.17) is 9.47 Å². The molecule has 1 aromatic carbocycles. The van der Waals surface area contributed by atoms with Gasteiger partial charge in [0.05, 0.1) is 18.7 Å². The van der Waals surface area contributed by atoms with E-state index < -0.39 is 12.2 Å². The molecule has 1 atom stereocenters. The van der Waals surface area contributed by atoms with Gasteiger partial charge in [-0.15, -0.1) is 24.8 Å². The quantitative estimate of drug-likeness (QED) is 0.748. The topological polar surface area (TPSA) is 33.7 Å². The van der Waals surface area contributed by atoms with Crippen LogP contribution in [0, 0.1) is 0 Å². The molecule has 140 valence electrons. The van der Waals surface area contributed by atoms with E-state index in [2.05, 4.69) is 21.2 Å². The Kier molecular flexibility index (Phi) is 9.74. The van der Waals surface area contributed by atoms with E-state index in [1.54, 1.807) is 0 Å². The Morgan fingerprint density at radius 3 is 2.08 bits per heavy atom. The average Bonchev–Trinajstić information content (AvgIpc) is 2.48. The third kappa shape index (κ3) is 5.29. The van der Waals surface area contributed by atoms with Gasteiger partial charge in [0.15, 0.2) is 0 Å². The highest BCUT2D eigenvalue weighted by Crippen LogP contribution is 2.44.